The fraction of sp³-hybridized carbons (Fsp3) is 0.154. The van der Waals surface area contributed by atoms with Crippen LogP contribution < -0.4 is 10.5 Å². The number of nitrogens with zero attached hydrogens (tertiary/aromatic N) is 1. The molecule has 0 spiro atoms. The third-order valence-electron chi connectivity index (χ3n) is 2.74. The zero-order valence-electron chi connectivity index (χ0n) is 10.6. The van der Waals surface area contributed by atoms with E-state index in [4.69, 9.17) is 5.73 Å². The largest absolute Gasteiger partial charge is 0.325 e. The van der Waals surface area contributed by atoms with Gasteiger partial charge in [-0.05, 0) is 18.2 Å². The van der Waals surface area contributed by atoms with Crippen molar-refractivity contribution in [1.82, 2.24) is 9.71 Å². The molecule has 3 N–H and O–H groups in total. The number of nitrogens with two attached hydrogens (primary N) is 1. The van der Waals surface area contributed by atoms with E-state index in [1.54, 1.807) is 12.1 Å². The molecule has 0 aliphatic carbocycles. The lowest BCUT2D eigenvalue weighted by Gasteiger charge is -2.10. The molecule has 106 valence electrons. The third-order valence-corrected chi connectivity index (χ3v) is 4.22. The van der Waals surface area contributed by atoms with Crippen molar-refractivity contribution in [2.75, 3.05) is 0 Å². The summed E-state index contributed by atoms with van der Waals surface area (Å²) in [6, 6.07) is 8.91. The highest BCUT2D eigenvalue weighted by Gasteiger charge is 2.18. The topological polar surface area (TPSA) is 85.1 Å². The number of hydrogen-bond donors (Lipinski definition) is 2. The molecule has 20 heavy (non-hydrogen) atoms. The maximum atomic E-state index is 13.4. The SMILES string of the molecule is NCc1ncccc1S(=O)(=O)NCc1ccccc1F. The molecule has 0 unspecified atom stereocenters. The quantitative estimate of drug-likeness (QED) is 0.866. The highest BCUT2D eigenvalue weighted by Crippen LogP contribution is 2.13. The van der Waals surface area contributed by atoms with E-state index in [-0.39, 0.29) is 29.2 Å². The smallest absolute Gasteiger partial charge is 0.242 e. The number of benzene rings is 1. The Hall–Kier alpha value is -1.83. The second-order valence-corrected chi connectivity index (χ2v) is 5.80. The summed E-state index contributed by atoms with van der Waals surface area (Å²) in [5.41, 5.74) is 6.01. The average Bonchev–Trinajstić information content (AvgIpc) is 2.46. The van der Waals surface area contributed by atoms with Crippen LogP contribution in [-0.4, -0.2) is 13.4 Å². The van der Waals surface area contributed by atoms with Gasteiger partial charge in [-0.25, -0.2) is 17.5 Å². The Labute approximate surface area is 116 Å². The summed E-state index contributed by atoms with van der Waals surface area (Å²) < 4.78 is 40.1. The molecular weight excluding hydrogens is 281 g/mol. The third kappa shape index (κ3) is 3.19. The van der Waals surface area contributed by atoms with Gasteiger partial charge in [-0.15, -0.1) is 0 Å². The van der Waals surface area contributed by atoms with Crippen molar-refractivity contribution in [3.8, 4) is 0 Å². The van der Waals surface area contributed by atoms with E-state index in [0.29, 0.717) is 0 Å². The van der Waals surface area contributed by atoms with Crippen LogP contribution in [0.3, 0.4) is 0 Å². The van der Waals surface area contributed by atoms with Gasteiger partial charge in [0.1, 0.15) is 10.7 Å². The van der Waals surface area contributed by atoms with Crippen molar-refractivity contribution in [2.45, 2.75) is 18.0 Å². The number of halogens is 1. The van der Waals surface area contributed by atoms with Crippen LogP contribution in [0.1, 0.15) is 11.3 Å². The molecule has 0 aliphatic heterocycles. The summed E-state index contributed by atoms with van der Waals surface area (Å²) in [7, 11) is -3.78. The predicted molar refractivity (Wildman–Crippen MR) is 72.6 cm³/mol. The highest BCUT2D eigenvalue weighted by molar-refractivity contribution is 7.89. The second-order valence-electron chi connectivity index (χ2n) is 4.07. The van der Waals surface area contributed by atoms with Gasteiger partial charge in [0.05, 0.1) is 5.69 Å². The van der Waals surface area contributed by atoms with E-state index in [1.807, 2.05) is 0 Å². The van der Waals surface area contributed by atoms with E-state index in [0.717, 1.165) is 0 Å². The maximum absolute atomic E-state index is 13.4. The van der Waals surface area contributed by atoms with Gasteiger partial charge in [0.15, 0.2) is 0 Å². The lowest BCUT2D eigenvalue weighted by molar-refractivity contribution is 0.572. The molecule has 0 radical (unpaired) electrons. The monoisotopic (exact) mass is 295 g/mol. The first kappa shape index (κ1) is 14.6. The summed E-state index contributed by atoms with van der Waals surface area (Å²) in [4.78, 5) is 3.93. The summed E-state index contributed by atoms with van der Waals surface area (Å²) in [6.45, 7) is -0.120. The Balaban J connectivity index is 2.22. The minimum absolute atomic E-state index is 0.0107. The number of aromatic nitrogens is 1. The van der Waals surface area contributed by atoms with Crippen LogP contribution in [0.2, 0.25) is 0 Å². The molecule has 0 saturated heterocycles. The molecule has 0 fully saturated rings. The lowest BCUT2D eigenvalue weighted by atomic mass is 10.2. The van der Waals surface area contributed by atoms with E-state index >= 15 is 0 Å². The molecule has 0 saturated carbocycles. The van der Waals surface area contributed by atoms with E-state index < -0.39 is 15.8 Å². The molecule has 2 rings (SSSR count). The Morgan fingerprint density at radius 2 is 1.95 bits per heavy atom. The molecule has 7 heteroatoms. The molecule has 2 aromatic rings. The summed E-state index contributed by atoms with van der Waals surface area (Å²) in [6.07, 6.45) is 1.47. The fourth-order valence-corrected chi connectivity index (χ4v) is 2.92. The van der Waals surface area contributed by atoms with Crippen LogP contribution in [0.5, 0.6) is 0 Å². The summed E-state index contributed by atoms with van der Waals surface area (Å²) in [5, 5.41) is 0. The standard InChI is InChI=1S/C13H14FN3O2S/c14-11-5-2-1-4-10(11)9-17-20(18,19)13-6-3-7-16-12(13)8-15/h1-7,17H,8-9,15H2. The first-order valence-electron chi connectivity index (χ1n) is 5.91. The predicted octanol–water partition coefficient (Wildman–Crippen LogP) is 1.16. The Kier molecular flexibility index (Phi) is 4.43. The van der Waals surface area contributed by atoms with E-state index in [1.165, 1.54) is 30.5 Å². The first-order chi connectivity index (χ1) is 9.54. The minimum atomic E-state index is -3.78. The van der Waals surface area contributed by atoms with Crippen LogP contribution in [0, 0.1) is 5.82 Å². The van der Waals surface area contributed by atoms with E-state index in [9.17, 15) is 12.8 Å². The highest BCUT2D eigenvalue weighted by atomic mass is 32.2. The molecule has 0 aliphatic rings. The van der Waals surface area contributed by atoms with Crippen LogP contribution in [-0.2, 0) is 23.1 Å². The minimum Gasteiger partial charge on any atom is -0.325 e. The van der Waals surface area contributed by atoms with Crippen molar-refractivity contribution in [2.24, 2.45) is 5.73 Å². The molecule has 0 bridgehead atoms. The molecule has 0 atom stereocenters. The first-order valence-corrected chi connectivity index (χ1v) is 7.40. The molecule has 0 amide bonds. The number of nitrogens with one attached hydrogen (secondary N) is 1. The number of hydrogen-bond acceptors (Lipinski definition) is 4. The molecule has 5 nitrogen and oxygen atoms in total. The summed E-state index contributed by atoms with van der Waals surface area (Å²) >= 11 is 0. The van der Waals surface area contributed by atoms with Crippen molar-refractivity contribution in [3.63, 3.8) is 0 Å². The summed E-state index contributed by atoms with van der Waals surface area (Å²) in [5.74, 6) is -0.458. The van der Waals surface area contributed by atoms with Gasteiger partial charge in [-0.1, -0.05) is 18.2 Å². The Bertz CT molecular complexity index is 704. The van der Waals surface area contributed by atoms with Crippen molar-refractivity contribution in [3.05, 3.63) is 59.7 Å². The van der Waals surface area contributed by atoms with Gasteiger partial charge < -0.3 is 5.73 Å². The average molecular weight is 295 g/mol. The van der Waals surface area contributed by atoms with Gasteiger partial charge in [0, 0.05) is 24.8 Å². The van der Waals surface area contributed by atoms with Gasteiger partial charge in [-0.2, -0.15) is 0 Å². The Morgan fingerprint density at radius 3 is 2.65 bits per heavy atom. The Morgan fingerprint density at radius 1 is 1.20 bits per heavy atom. The number of rotatable bonds is 5. The van der Waals surface area contributed by atoms with Gasteiger partial charge >= 0.3 is 0 Å². The van der Waals surface area contributed by atoms with Crippen molar-refractivity contribution >= 4 is 10.0 Å². The number of sulfonamides is 1. The molecule has 1 heterocycles. The van der Waals surface area contributed by atoms with Gasteiger partial charge in [0.25, 0.3) is 0 Å². The van der Waals surface area contributed by atoms with Gasteiger partial charge in [0.2, 0.25) is 10.0 Å². The van der Waals surface area contributed by atoms with Crippen molar-refractivity contribution in [1.29, 1.82) is 0 Å². The van der Waals surface area contributed by atoms with Crippen LogP contribution in [0.4, 0.5) is 4.39 Å². The van der Waals surface area contributed by atoms with E-state index in [2.05, 4.69) is 9.71 Å². The van der Waals surface area contributed by atoms with Crippen molar-refractivity contribution < 1.29 is 12.8 Å². The normalized spacial score (nSPS) is 11.5. The maximum Gasteiger partial charge on any atom is 0.242 e. The number of pyridine rings is 1. The molecule has 1 aromatic heterocycles. The van der Waals surface area contributed by atoms with Crippen LogP contribution >= 0.6 is 0 Å². The van der Waals surface area contributed by atoms with Crippen LogP contribution in [0.25, 0.3) is 0 Å². The fourth-order valence-electron chi connectivity index (χ4n) is 1.71. The van der Waals surface area contributed by atoms with Gasteiger partial charge in [-0.3, -0.25) is 4.98 Å². The lowest BCUT2D eigenvalue weighted by Crippen LogP contribution is -2.25. The second kappa shape index (κ2) is 6.08. The molecule has 1 aromatic carbocycles. The zero-order valence-corrected chi connectivity index (χ0v) is 11.4. The molecular formula is C13H14FN3O2S. The van der Waals surface area contributed by atoms with Crippen LogP contribution in [0.15, 0.2) is 47.5 Å². The zero-order chi connectivity index (χ0) is 14.6.